The second kappa shape index (κ2) is 11.1. The number of aliphatic hydroxyl groups excluding tert-OH is 5. The van der Waals surface area contributed by atoms with Crippen molar-refractivity contribution in [3.05, 3.63) is 12.7 Å². The van der Waals surface area contributed by atoms with Crippen LogP contribution in [0.25, 0.3) is 0 Å². The van der Waals surface area contributed by atoms with Gasteiger partial charge in [0.15, 0.2) is 12.6 Å². The molecule has 158 valence electrons. The van der Waals surface area contributed by atoms with Gasteiger partial charge in [-0.15, -0.1) is 6.58 Å². The van der Waals surface area contributed by atoms with Crippen molar-refractivity contribution in [2.45, 2.75) is 68.1 Å². The van der Waals surface area contributed by atoms with Crippen molar-refractivity contribution in [1.82, 2.24) is 0 Å². The molecule has 27 heavy (non-hydrogen) atoms. The fourth-order valence-corrected chi connectivity index (χ4v) is 3.67. The molecule has 2 fully saturated rings. The Morgan fingerprint density at radius 1 is 1.00 bits per heavy atom. The minimum absolute atomic E-state index is 0.289. The SMILES string of the molecule is C=CCCCO[C@H]1O[C@H](CO)[C@@H](O[C@H]2O[C@H](CSC)[C@H](O)[C@H]2O)[C@H](O)[C@@H]1O. The van der Waals surface area contributed by atoms with E-state index in [4.69, 9.17) is 18.9 Å². The molecular formula is C17H30O9S. The van der Waals surface area contributed by atoms with E-state index in [-0.39, 0.29) is 6.61 Å². The van der Waals surface area contributed by atoms with Gasteiger partial charge in [0.1, 0.15) is 36.6 Å². The highest BCUT2D eigenvalue weighted by atomic mass is 32.2. The van der Waals surface area contributed by atoms with Crippen molar-refractivity contribution in [1.29, 1.82) is 0 Å². The van der Waals surface area contributed by atoms with Crippen LogP contribution < -0.4 is 0 Å². The molecule has 9 nitrogen and oxygen atoms in total. The van der Waals surface area contributed by atoms with E-state index in [1.165, 1.54) is 11.8 Å². The number of aliphatic hydroxyl groups is 5. The van der Waals surface area contributed by atoms with E-state index in [1.54, 1.807) is 6.08 Å². The third-order valence-corrected chi connectivity index (χ3v) is 5.26. The fourth-order valence-electron chi connectivity index (χ4n) is 3.07. The van der Waals surface area contributed by atoms with Gasteiger partial charge in [-0.25, -0.2) is 0 Å². The van der Waals surface area contributed by atoms with Gasteiger partial charge in [-0.3, -0.25) is 0 Å². The Hall–Kier alpha value is -0.270. The summed E-state index contributed by atoms with van der Waals surface area (Å²) in [5.41, 5.74) is 0. The molecule has 2 aliphatic rings. The van der Waals surface area contributed by atoms with Gasteiger partial charge in [-0.2, -0.15) is 11.8 Å². The molecule has 0 aromatic rings. The van der Waals surface area contributed by atoms with Gasteiger partial charge in [0.05, 0.1) is 19.3 Å². The molecule has 0 saturated carbocycles. The van der Waals surface area contributed by atoms with Crippen molar-refractivity contribution in [2.75, 3.05) is 25.2 Å². The average Bonchev–Trinajstić information content (AvgIpc) is 2.92. The molecule has 5 N–H and O–H groups in total. The van der Waals surface area contributed by atoms with Crippen LogP contribution >= 0.6 is 11.8 Å². The first-order chi connectivity index (χ1) is 12.9. The Bertz CT molecular complexity index is 452. The van der Waals surface area contributed by atoms with E-state index in [0.29, 0.717) is 12.2 Å². The summed E-state index contributed by atoms with van der Waals surface area (Å²) >= 11 is 1.44. The van der Waals surface area contributed by atoms with Crippen LogP contribution in [0.5, 0.6) is 0 Å². The third-order valence-electron chi connectivity index (χ3n) is 4.60. The monoisotopic (exact) mass is 410 g/mol. The fraction of sp³-hybridized carbons (Fsp3) is 0.882. The average molecular weight is 410 g/mol. The number of rotatable bonds is 10. The van der Waals surface area contributed by atoms with Crippen LogP contribution in [0.2, 0.25) is 0 Å². The minimum atomic E-state index is -1.44. The molecule has 2 rings (SSSR count). The van der Waals surface area contributed by atoms with E-state index in [1.807, 2.05) is 6.26 Å². The Morgan fingerprint density at radius 2 is 1.67 bits per heavy atom. The molecule has 0 spiro atoms. The lowest BCUT2D eigenvalue weighted by Gasteiger charge is -2.42. The number of thioether (sulfide) groups is 1. The summed E-state index contributed by atoms with van der Waals surface area (Å²) in [6, 6.07) is 0. The topological polar surface area (TPSA) is 138 Å². The first kappa shape index (κ1) is 23.0. The smallest absolute Gasteiger partial charge is 0.187 e. The van der Waals surface area contributed by atoms with Crippen LogP contribution in [-0.2, 0) is 18.9 Å². The number of unbranched alkanes of at least 4 members (excludes halogenated alkanes) is 1. The summed E-state index contributed by atoms with van der Waals surface area (Å²) in [6.45, 7) is 3.40. The molecule has 0 radical (unpaired) electrons. The number of hydrogen-bond acceptors (Lipinski definition) is 10. The van der Waals surface area contributed by atoms with Crippen molar-refractivity contribution in [3.63, 3.8) is 0 Å². The molecule has 9 atom stereocenters. The molecule has 0 aromatic carbocycles. The standard InChI is InChI=1S/C17H30O9S/c1-3-4-5-6-23-16-14(22)12(20)15(9(7-18)24-16)26-17-13(21)11(19)10(25-17)8-27-2/h3,9-22H,1,4-8H2,2H3/t9-,10-,11+,12-,13-,14+,15-,16+,17-/m1/s1. The van der Waals surface area contributed by atoms with E-state index < -0.39 is 61.9 Å². The lowest BCUT2D eigenvalue weighted by Crippen LogP contribution is -2.61. The quantitative estimate of drug-likeness (QED) is 0.216. The van der Waals surface area contributed by atoms with Gasteiger partial charge >= 0.3 is 0 Å². The maximum Gasteiger partial charge on any atom is 0.187 e. The Balaban J connectivity index is 1.97. The molecule has 0 amide bonds. The van der Waals surface area contributed by atoms with Gasteiger partial charge in [-0.05, 0) is 19.1 Å². The summed E-state index contributed by atoms with van der Waals surface area (Å²) in [5.74, 6) is 0.453. The van der Waals surface area contributed by atoms with Crippen LogP contribution in [0, 0.1) is 0 Å². The van der Waals surface area contributed by atoms with Crippen molar-refractivity contribution < 1.29 is 44.5 Å². The predicted molar refractivity (Wildman–Crippen MR) is 97.1 cm³/mol. The highest BCUT2D eigenvalue weighted by Gasteiger charge is 2.50. The van der Waals surface area contributed by atoms with Crippen LogP contribution in [-0.4, -0.2) is 106 Å². The summed E-state index contributed by atoms with van der Waals surface area (Å²) in [6.07, 6.45) is -5.45. The van der Waals surface area contributed by atoms with Gasteiger partial charge in [0.2, 0.25) is 0 Å². The summed E-state index contributed by atoms with van der Waals surface area (Å²) in [4.78, 5) is 0. The van der Waals surface area contributed by atoms with Crippen LogP contribution in [0.1, 0.15) is 12.8 Å². The molecule has 0 aromatic heterocycles. The number of allylic oxidation sites excluding steroid dienone is 1. The van der Waals surface area contributed by atoms with Crippen LogP contribution in [0.15, 0.2) is 12.7 Å². The lowest BCUT2D eigenvalue weighted by molar-refractivity contribution is -0.329. The lowest BCUT2D eigenvalue weighted by atomic mass is 9.99. The van der Waals surface area contributed by atoms with Crippen molar-refractivity contribution in [3.8, 4) is 0 Å². The molecule has 0 aliphatic carbocycles. The van der Waals surface area contributed by atoms with E-state index in [9.17, 15) is 25.5 Å². The zero-order valence-electron chi connectivity index (χ0n) is 15.3. The highest BCUT2D eigenvalue weighted by molar-refractivity contribution is 7.98. The van der Waals surface area contributed by atoms with Crippen LogP contribution in [0.3, 0.4) is 0 Å². The molecule has 2 heterocycles. The maximum atomic E-state index is 10.4. The summed E-state index contributed by atoms with van der Waals surface area (Å²) in [7, 11) is 0. The molecule has 10 heteroatoms. The van der Waals surface area contributed by atoms with Gasteiger partial charge in [0.25, 0.3) is 0 Å². The Morgan fingerprint density at radius 3 is 2.30 bits per heavy atom. The molecule has 0 unspecified atom stereocenters. The minimum Gasteiger partial charge on any atom is -0.394 e. The second-order valence-electron chi connectivity index (χ2n) is 6.59. The first-order valence-electron chi connectivity index (χ1n) is 8.95. The second-order valence-corrected chi connectivity index (χ2v) is 7.50. The van der Waals surface area contributed by atoms with Gasteiger partial charge in [0, 0.05) is 5.75 Å². The van der Waals surface area contributed by atoms with Gasteiger partial charge < -0.3 is 44.5 Å². The normalized spacial score (nSPS) is 42.4. The van der Waals surface area contributed by atoms with Crippen molar-refractivity contribution in [2.24, 2.45) is 0 Å². The zero-order chi connectivity index (χ0) is 20.0. The predicted octanol–water partition coefficient (Wildman–Crippen LogP) is -1.40. The first-order valence-corrected chi connectivity index (χ1v) is 10.3. The zero-order valence-corrected chi connectivity index (χ0v) is 16.1. The largest absolute Gasteiger partial charge is 0.394 e. The number of hydrogen-bond donors (Lipinski definition) is 5. The van der Waals surface area contributed by atoms with Crippen molar-refractivity contribution >= 4 is 11.8 Å². The maximum absolute atomic E-state index is 10.4. The summed E-state index contributed by atoms with van der Waals surface area (Å²) < 4.78 is 22.1. The third kappa shape index (κ3) is 5.63. The van der Waals surface area contributed by atoms with Gasteiger partial charge in [-0.1, -0.05) is 6.08 Å². The molecule has 0 bridgehead atoms. The highest BCUT2D eigenvalue weighted by Crippen LogP contribution is 2.30. The Kier molecular flexibility index (Phi) is 9.42. The molecular weight excluding hydrogens is 380 g/mol. The van der Waals surface area contributed by atoms with E-state index in [0.717, 1.165) is 6.42 Å². The van der Waals surface area contributed by atoms with E-state index in [2.05, 4.69) is 6.58 Å². The van der Waals surface area contributed by atoms with E-state index >= 15 is 0 Å². The molecule has 2 aliphatic heterocycles. The molecule has 2 saturated heterocycles. The van der Waals surface area contributed by atoms with Crippen LogP contribution in [0.4, 0.5) is 0 Å². The summed E-state index contributed by atoms with van der Waals surface area (Å²) in [5, 5.41) is 50.4. The number of ether oxygens (including phenoxy) is 4. The Labute approximate surface area is 162 Å².